The van der Waals surface area contributed by atoms with Gasteiger partial charge in [0.2, 0.25) is 11.8 Å². The molecule has 5 aromatic rings. The predicted molar refractivity (Wildman–Crippen MR) is 267 cm³/mol. The Hall–Kier alpha value is -6.04. The molecule has 17 heteroatoms. The van der Waals surface area contributed by atoms with Crippen molar-refractivity contribution in [3.63, 3.8) is 0 Å². The summed E-state index contributed by atoms with van der Waals surface area (Å²) in [5.74, 6) is -1.51. The topological polar surface area (TPSA) is 198 Å². The lowest BCUT2D eigenvalue weighted by molar-refractivity contribution is -0.147. The van der Waals surface area contributed by atoms with Crippen molar-refractivity contribution < 1.29 is 33.8 Å². The second-order valence-corrected chi connectivity index (χ2v) is 21.1. The van der Waals surface area contributed by atoms with E-state index in [1.165, 1.54) is 11.8 Å². The zero-order valence-corrected chi connectivity index (χ0v) is 41.9. The number of aromatic nitrogens is 5. The minimum Gasteiger partial charge on any atom is -0.391 e. The molecule has 1 aliphatic carbocycles. The summed E-state index contributed by atoms with van der Waals surface area (Å²) in [6.45, 7) is 12.3. The fraction of sp³-hybridized carbons (Fsp3) is 0.509. The van der Waals surface area contributed by atoms with Gasteiger partial charge < -0.3 is 24.5 Å². The highest BCUT2D eigenvalue weighted by Gasteiger charge is 2.44. The molecule has 1 saturated carbocycles. The normalized spacial score (nSPS) is 18.2. The molecular formula is C53H64N8O8S. The van der Waals surface area contributed by atoms with Crippen LogP contribution in [0.2, 0.25) is 0 Å². The van der Waals surface area contributed by atoms with Gasteiger partial charge in [0.1, 0.15) is 24.7 Å². The van der Waals surface area contributed by atoms with Crippen LogP contribution < -0.4 is 10.5 Å². The summed E-state index contributed by atoms with van der Waals surface area (Å²) in [5.41, 5.74) is 6.98. The molecular weight excluding hydrogens is 909 g/mol. The third kappa shape index (κ3) is 11.3. The summed E-state index contributed by atoms with van der Waals surface area (Å²) in [6, 6.07) is 11.2. The molecule has 3 atom stereocenters. The van der Waals surface area contributed by atoms with Gasteiger partial charge in [-0.15, -0.1) is 11.3 Å². The highest BCUT2D eigenvalue weighted by atomic mass is 32.1. The Morgan fingerprint density at radius 1 is 0.914 bits per heavy atom. The number of benzene rings is 1. The molecule has 1 N–H and O–H groups in total. The first-order valence-corrected chi connectivity index (χ1v) is 25.3. The number of ether oxygens (including phenoxy) is 1. The number of Topliss-reactive ketones (excluding diaryl/α,β-unsaturated/α-hetero) is 3. The molecule has 0 spiro atoms. The number of carbonyl (C=O) groups is 5. The maximum absolute atomic E-state index is 14.2. The van der Waals surface area contributed by atoms with Crippen molar-refractivity contribution in [3.8, 4) is 10.4 Å². The number of hydrogen-bond acceptors (Lipinski definition) is 14. The second-order valence-electron chi connectivity index (χ2n) is 20.2. The highest BCUT2D eigenvalue weighted by molar-refractivity contribution is 7.13. The van der Waals surface area contributed by atoms with E-state index in [2.05, 4.69) is 14.9 Å². The summed E-state index contributed by atoms with van der Waals surface area (Å²) in [4.78, 5) is 105. The number of aliphatic hydroxyl groups excluding tert-OH is 1. The van der Waals surface area contributed by atoms with E-state index in [4.69, 9.17) is 14.7 Å². The maximum atomic E-state index is 14.2. The lowest BCUT2D eigenvalue weighted by atomic mass is 9.76. The summed E-state index contributed by atoms with van der Waals surface area (Å²) < 4.78 is 7.36. The van der Waals surface area contributed by atoms with Crippen LogP contribution in [0.1, 0.15) is 117 Å². The SMILES string of the molecule is CC(=O)c1c(C)c2cnc(Cc3ccc(N4CCN(C(=O)COCC(=O)C[C@H](C(=O)N5C[C@H](O)C[C@H]5C(=O)CCc5ccc(-c6scnc6C)cc5)C(C)(C)C)CC4)cn3)nc2n(C2CCCC2)c1=O. The van der Waals surface area contributed by atoms with Crippen molar-refractivity contribution in [3.05, 3.63) is 98.6 Å². The fourth-order valence-corrected chi connectivity index (χ4v) is 11.1. The number of thiazole rings is 1. The van der Waals surface area contributed by atoms with E-state index < -0.39 is 23.5 Å². The van der Waals surface area contributed by atoms with Crippen LogP contribution in [0.15, 0.2) is 59.1 Å². The number of ketones is 3. The molecule has 8 rings (SSSR count). The van der Waals surface area contributed by atoms with Gasteiger partial charge in [0.25, 0.3) is 5.56 Å². The van der Waals surface area contributed by atoms with Crippen LogP contribution in [-0.2, 0) is 36.8 Å². The molecule has 3 aliphatic rings. The van der Waals surface area contributed by atoms with Crippen molar-refractivity contribution in [2.75, 3.05) is 50.8 Å². The second kappa shape index (κ2) is 21.5. The third-order valence-electron chi connectivity index (χ3n) is 14.3. The molecule has 2 saturated heterocycles. The molecule has 0 bridgehead atoms. The van der Waals surface area contributed by atoms with E-state index in [0.717, 1.165) is 58.8 Å². The Balaban J connectivity index is 0.797. The van der Waals surface area contributed by atoms with E-state index in [9.17, 15) is 33.9 Å². The molecule has 1 aromatic carbocycles. The number of likely N-dealkylation sites (tertiary alicyclic amines) is 1. The van der Waals surface area contributed by atoms with Gasteiger partial charge in [-0.1, -0.05) is 57.9 Å². The molecule has 4 aromatic heterocycles. The minimum absolute atomic E-state index is 0.00450. The van der Waals surface area contributed by atoms with Crippen LogP contribution in [0.4, 0.5) is 5.69 Å². The Morgan fingerprint density at radius 3 is 2.29 bits per heavy atom. The van der Waals surface area contributed by atoms with Crippen molar-refractivity contribution in [1.29, 1.82) is 0 Å². The van der Waals surface area contributed by atoms with Gasteiger partial charge in [-0.25, -0.2) is 15.0 Å². The number of amides is 2. The lowest BCUT2D eigenvalue weighted by Gasteiger charge is -2.36. The smallest absolute Gasteiger partial charge is 0.263 e. The first-order chi connectivity index (χ1) is 33.5. The number of aryl methyl sites for hydroxylation is 3. The number of fused-ring (bicyclic) bond motifs is 1. The number of pyridine rings is 2. The number of piperazine rings is 1. The van der Waals surface area contributed by atoms with Crippen molar-refractivity contribution >= 4 is 57.2 Å². The molecule has 0 unspecified atom stereocenters. The average Bonchev–Trinajstić information content (AvgIpc) is 4.12. The van der Waals surface area contributed by atoms with E-state index in [0.29, 0.717) is 61.4 Å². The zero-order chi connectivity index (χ0) is 49.9. The predicted octanol–water partition coefficient (Wildman–Crippen LogP) is 6.29. The Labute approximate surface area is 412 Å². The average molecular weight is 973 g/mol. The number of β-amino-alcohol motifs (C(OH)–C–C–N with tert-alkyl or cyclic N) is 1. The summed E-state index contributed by atoms with van der Waals surface area (Å²) in [7, 11) is 0. The van der Waals surface area contributed by atoms with E-state index in [1.807, 2.05) is 69.6 Å². The Kier molecular flexibility index (Phi) is 15.5. The van der Waals surface area contributed by atoms with Crippen LogP contribution in [-0.4, -0.2) is 127 Å². The van der Waals surface area contributed by atoms with Gasteiger partial charge in [0.05, 0.1) is 52.1 Å². The molecule has 6 heterocycles. The minimum atomic E-state index is -0.840. The van der Waals surface area contributed by atoms with Crippen LogP contribution in [0.3, 0.4) is 0 Å². The van der Waals surface area contributed by atoms with Gasteiger partial charge in [-0.05, 0) is 74.3 Å². The van der Waals surface area contributed by atoms with Crippen molar-refractivity contribution in [1.82, 2.24) is 34.3 Å². The van der Waals surface area contributed by atoms with Crippen LogP contribution in [0.5, 0.6) is 0 Å². The quantitative estimate of drug-likeness (QED) is 0.102. The maximum Gasteiger partial charge on any atom is 0.263 e. The lowest BCUT2D eigenvalue weighted by Crippen LogP contribution is -2.50. The van der Waals surface area contributed by atoms with E-state index >= 15 is 0 Å². The molecule has 2 amide bonds. The number of rotatable bonds is 17. The number of anilines is 1. The van der Waals surface area contributed by atoms with E-state index in [1.54, 1.807) is 40.1 Å². The Morgan fingerprint density at radius 2 is 1.64 bits per heavy atom. The van der Waals surface area contributed by atoms with Gasteiger partial charge in [-0.3, -0.25) is 38.3 Å². The molecule has 70 heavy (non-hydrogen) atoms. The van der Waals surface area contributed by atoms with Crippen molar-refractivity contribution in [2.24, 2.45) is 11.3 Å². The van der Waals surface area contributed by atoms with E-state index in [-0.39, 0.29) is 85.3 Å². The third-order valence-corrected chi connectivity index (χ3v) is 15.2. The van der Waals surface area contributed by atoms with Gasteiger partial charge in [0.15, 0.2) is 17.3 Å². The zero-order valence-electron chi connectivity index (χ0n) is 41.1. The van der Waals surface area contributed by atoms with Crippen LogP contribution >= 0.6 is 11.3 Å². The van der Waals surface area contributed by atoms with Gasteiger partial charge in [-0.2, -0.15) is 0 Å². The van der Waals surface area contributed by atoms with Crippen molar-refractivity contribution in [2.45, 2.75) is 118 Å². The molecule has 0 radical (unpaired) electrons. The van der Waals surface area contributed by atoms with Crippen LogP contribution in [0.25, 0.3) is 21.5 Å². The van der Waals surface area contributed by atoms with Gasteiger partial charge in [0, 0.05) is 81.2 Å². The molecule has 370 valence electrons. The number of aliphatic hydroxyl groups is 1. The number of carbonyl (C=O) groups excluding carboxylic acids is 5. The molecule has 3 fully saturated rings. The number of nitrogens with zero attached hydrogens (tertiary/aromatic N) is 8. The monoisotopic (exact) mass is 972 g/mol. The molecule has 2 aliphatic heterocycles. The first-order valence-electron chi connectivity index (χ1n) is 24.5. The Bertz CT molecular complexity index is 2800. The highest BCUT2D eigenvalue weighted by Crippen LogP contribution is 2.35. The summed E-state index contributed by atoms with van der Waals surface area (Å²) in [5, 5.41) is 11.4. The fourth-order valence-electron chi connectivity index (χ4n) is 10.2. The standard InChI is InChI=1S/C53H64N8O8S/c1-32-42-27-55-46(57-50(42)61(38-9-7-8-10-38)52(68)48(32)34(3)62)23-37-16-17-39(26-54-37)58-19-21-59(22-20-58)47(66)30-69-29-41(64)24-43(53(4,5)6)51(67)60-28-40(63)25-44(60)45(65)18-13-35-11-14-36(15-12-35)49-33(2)56-31-70-49/h11-12,14-17,26-27,31,38,40,43-44,63H,7-10,13,18-25,28-30H2,1-6H3/t40-,43-,44+/m1/s1. The summed E-state index contributed by atoms with van der Waals surface area (Å²) >= 11 is 1.58. The van der Waals surface area contributed by atoms with Gasteiger partial charge >= 0.3 is 0 Å². The largest absolute Gasteiger partial charge is 0.391 e. The molecule has 16 nitrogen and oxygen atoms in total. The first kappa shape index (κ1) is 50.4. The number of hydrogen-bond donors (Lipinski definition) is 1. The van der Waals surface area contributed by atoms with Crippen LogP contribution in [0, 0.1) is 25.2 Å². The summed E-state index contributed by atoms with van der Waals surface area (Å²) in [6.07, 6.45) is 7.56.